The Bertz CT molecular complexity index is 1070. The van der Waals surface area contributed by atoms with Gasteiger partial charge in [-0.3, -0.25) is 4.90 Å². The highest BCUT2D eigenvalue weighted by molar-refractivity contribution is 5.93. The minimum absolute atomic E-state index is 0.432. The fourth-order valence-corrected chi connectivity index (χ4v) is 4.66. The lowest BCUT2D eigenvalue weighted by atomic mass is 9.84. The van der Waals surface area contributed by atoms with E-state index in [1.165, 1.54) is 27.8 Å². The van der Waals surface area contributed by atoms with E-state index in [0.29, 0.717) is 6.54 Å². The molecule has 0 amide bonds. The quantitative estimate of drug-likeness (QED) is 0.695. The molecule has 5 rings (SSSR count). The molecule has 0 aromatic heterocycles. The van der Waals surface area contributed by atoms with Gasteiger partial charge in [-0.25, -0.2) is 0 Å². The molecule has 0 spiro atoms. The summed E-state index contributed by atoms with van der Waals surface area (Å²) in [4.78, 5) is 2.39. The Balaban J connectivity index is 1.41. The van der Waals surface area contributed by atoms with Crippen molar-refractivity contribution in [3.63, 3.8) is 0 Å². The van der Waals surface area contributed by atoms with Gasteiger partial charge in [-0.1, -0.05) is 54.6 Å². The van der Waals surface area contributed by atoms with Gasteiger partial charge in [0.15, 0.2) is 5.57 Å². The first kappa shape index (κ1) is 19.0. The highest BCUT2D eigenvalue weighted by atomic mass is 16.3. The largest absolute Gasteiger partial charge is 0.387 e. The third-order valence-corrected chi connectivity index (χ3v) is 6.25. The molecule has 2 nitrogen and oxygen atoms in total. The Labute approximate surface area is 178 Å². The average Bonchev–Trinajstić information content (AvgIpc) is 2.97. The predicted molar refractivity (Wildman–Crippen MR) is 123 cm³/mol. The van der Waals surface area contributed by atoms with E-state index in [1.54, 1.807) is 0 Å². The van der Waals surface area contributed by atoms with E-state index in [9.17, 15) is 5.11 Å². The lowest BCUT2D eigenvalue weighted by molar-refractivity contribution is 0.108. The zero-order valence-corrected chi connectivity index (χ0v) is 17.1. The van der Waals surface area contributed by atoms with Crippen LogP contribution in [0.25, 0.3) is 11.6 Å². The minimum Gasteiger partial charge on any atom is -0.387 e. The maximum atomic E-state index is 10.6. The highest BCUT2D eigenvalue weighted by Gasteiger charge is 2.29. The maximum absolute atomic E-state index is 10.6. The van der Waals surface area contributed by atoms with Gasteiger partial charge >= 0.3 is 0 Å². The Kier molecular flexibility index (Phi) is 5.29. The molecule has 2 aliphatic carbocycles. The van der Waals surface area contributed by atoms with Gasteiger partial charge in [-0.05, 0) is 35.6 Å². The Morgan fingerprint density at radius 3 is 2.53 bits per heavy atom. The number of aliphatic hydroxyl groups is 1. The van der Waals surface area contributed by atoms with Crippen LogP contribution in [0.15, 0.2) is 95.6 Å². The van der Waals surface area contributed by atoms with E-state index >= 15 is 0 Å². The highest BCUT2D eigenvalue weighted by Crippen LogP contribution is 2.41. The number of benzene rings is 2. The number of nitrogens with zero attached hydrogens (tertiary/aromatic N) is 1. The van der Waals surface area contributed by atoms with Gasteiger partial charge in [-0.15, -0.1) is 0 Å². The van der Waals surface area contributed by atoms with Crippen molar-refractivity contribution in [1.29, 1.82) is 0 Å². The first-order valence-corrected chi connectivity index (χ1v) is 10.8. The first-order valence-electron chi connectivity index (χ1n) is 10.8. The SMILES string of the molecule is OC(CN1CCC(=C2C3=CC=C[C+]=C3C=Cc3ccccc32)CC1)c1ccccc1. The standard InChI is InChI=1S/C28H26NO/c30-27(23-10-2-1-3-11-23)20-29-18-16-24(17-19-29)28-25-12-6-4-8-21(25)14-15-22-9-5-7-13-26(22)28/h1-8,10-15,27,30H,16-20H2/q+1. The normalized spacial score (nSPS) is 19.2. The summed E-state index contributed by atoms with van der Waals surface area (Å²) in [6.45, 7) is 2.64. The lowest BCUT2D eigenvalue weighted by Gasteiger charge is -2.31. The third-order valence-electron chi connectivity index (χ3n) is 6.25. The molecular formula is C28H26NO+. The number of β-amino-alcohol motifs (C(OH)–C–C–N with tert-alkyl or cyclic N) is 1. The monoisotopic (exact) mass is 392 g/mol. The van der Waals surface area contributed by atoms with Crippen molar-refractivity contribution in [2.45, 2.75) is 18.9 Å². The molecule has 2 aromatic carbocycles. The second-order valence-corrected chi connectivity index (χ2v) is 8.12. The maximum Gasteiger partial charge on any atom is 0.155 e. The summed E-state index contributed by atoms with van der Waals surface area (Å²) in [5, 5.41) is 10.6. The van der Waals surface area contributed by atoms with E-state index < -0.39 is 6.10 Å². The van der Waals surface area contributed by atoms with Gasteiger partial charge in [0, 0.05) is 55.1 Å². The molecule has 1 saturated heterocycles. The molecule has 2 aromatic rings. The molecule has 1 unspecified atom stereocenters. The second kappa shape index (κ2) is 8.38. The van der Waals surface area contributed by atoms with E-state index in [2.05, 4.69) is 59.5 Å². The Morgan fingerprint density at radius 1 is 0.933 bits per heavy atom. The van der Waals surface area contributed by atoms with Gasteiger partial charge in [0.2, 0.25) is 0 Å². The van der Waals surface area contributed by atoms with Crippen LogP contribution < -0.4 is 0 Å². The number of fused-ring (bicyclic) bond motifs is 2. The first-order chi connectivity index (χ1) is 14.8. The molecule has 0 radical (unpaired) electrons. The van der Waals surface area contributed by atoms with Gasteiger partial charge in [0.25, 0.3) is 0 Å². The van der Waals surface area contributed by atoms with Crippen molar-refractivity contribution in [3.05, 3.63) is 118 Å². The average molecular weight is 393 g/mol. The Hall–Kier alpha value is -3.03. The van der Waals surface area contributed by atoms with Crippen LogP contribution in [0.5, 0.6) is 0 Å². The van der Waals surface area contributed by atoms with E-state index in [-0.39, 0.29) is 0 Å². The molecule has 30 heavy (non-hydrogen) atoms. The fraction of sp³-hybridized carbons (Fsp3) is 0.214. The third kappa shape index (κ3) is 3.74. The van der Waals surface area contributed by atoms with Crippen molar-refractivity contribution >= 4 is 11.6 Å². The number of hydrogen-bond acceptors (Lipinski definition) is 2. The molecule has 0 bridgehead atoms. The van der Waals surface area contributed by atoms with Crippen molar-refractivity contribution in [2.75, 3.05) is 19.6 Å². The van der Waals surface area contributed by atoms with E-state index in [1.807, 2.05) is 36.4 Å². The van der Waals surface area contributed by atoms with Crippen LogP contribution in [0.3, 0.4) is 0 Å². The molecular weight excluding hydrogens is 366 g/mol. The summed E-state index contributed by atoms with van der Waals surface area (Å²) in [5.41, 5.74) is 8.93. The molecule has 1 aliphatic heterocycles. The zero-order chi connectivity index (χ0) is 20.3. The van der Waals surface area contributed by atoms with Crippen molar-refractivity contribution in [2.24, 2.45) is 0 Å². The topological polar surface area (TPSA) is 23.5 Å². The molecule has 148 valence electrons. The smallest absolute Gasteiger partial charge is 0.155 e. The molecule has 1 fully saturated rings. The molecule has 1 heterocycles. The fourth-order valence-electron chi connectivity index (χ4n) is 4.66. The van der Waals surface area contributed by atoms with Gasteiger partial charge in [-0.2, -0.15) is 0 Å². The molecule has 3 aliphatic rings. The summed E-state index contributed by atoms with van der Waals surface area (Å²) in [7, 11) is 0. The Morgan fingerprint density at radius 2 is 1.70 bits per heavy atom. The number of aliphatic hydroxyl groups excluding tert-OH is 1. The van der Waals surface area contributed by atoms with Crippen molar-refractivity contribution in [1.82, 2.24) is 4.90 Å². The second-order valence-electron chi connectivity index (χ2n) is 8.12. The van der Waals surface area contributed by atoms with Crippen molar-refractivity contribution < 1.29 is 5.11 Å². The van der Waals surface area contributed by atoms with Crippen LogP contribution in [0.4, 0.5) is 0 Å². The van der Waals surface area contributed by atoms with Crippen LogP contribution >= 0.6 is 0 Å². The number of allylic oxidation sites excluding steroid dienone is 8. The van der Waals surface area contributed by atoms with Crippen LogP contribution in [0.2, 0.25) is 0 Å². The van der Waals surface area contributed by atoms with Crippen LogP contribution in [0.1, 0.15) is 35.6 Å². The van der Waals surface area contributed by atoms with E-state index in [4.69, 9.17) is 0 Å². The molecule has 0 saturated carbocycles. The molecule has 1 N–H and O–H groups in total. The minimum atomic E-state index is -0.432. The van der Waals surface area contributed by atoms with E-state index in [0.717, 1.165) is 37.1 Å². The summed E-state index contributed by atoms with van der Waals surface area (Å²) in [6, 6.07) is 18.7. The summed E-state index contributed by atoms with van der Waals surface area (Å²) >= 11 is 0. The van der Waals surface area contributed by atoms with Crippen LogP contribution in [-0.4, -0.2) is 29.6 Å². The number of piperidine rings is 1. The van der Waals surface area contributed by atoms with Crippen LogP contribution in [-0.2, 0) is 0 Å². The van der Waals surface area contributed by atoms with Crippen LogP contribution in [0, 0.1) is 6.08 Å². The predicted octanol–water partition coefficient (Wildman–Crippen LogP) is 5.52. The molecule has 2 heteroatoms. The zero-order valence-electron chi connectivity index (χ0n) is 17.1. The van der Waals surface area contributed by atoms with Gasteiger partial charge in [0.05, 0.1) is 17.8 Å². The van der Waals surface area contributed by atoms with Gasteiger partial charge < -0.3 is 5.11 Å². The number of likely N-dealkylation sites (tertiary alicyclic amines) is 1. The van der Waals surface area contributed by atoms with Crippen molar-refractivity contribution in [3.8, 4) is 0 Å². The summed E-state index contributed by atoms with van der Waals surface area (Å²) < 4.78 is 0. The summed E-state index contributed by atoms with van der Waals surface area (Å²) in [6.07, 6.45) is 15.8. The number of hydrogen-bond donors (Lipinski definition) is 1. The lowest BCUT2D eigenvalue weighted by Crippen LogP contribution is -2.34. The van der Waals surface area contributed by atoms with Gasteiger partial charge in [0.1, 0.15) is 0 Å². The summed E-state index contributed by atoms with van der Waals surface area (Å²) in [5.74, 6) is 0. The molecule has 1 atom stereocenters. The number of rotatable bonds is 3.